The van der Waals surface area contributed by atoms with E-state index in [9.17, 15) is 4.79 Å². The van der Waals surface area contributed by atoms with Crippen molar-refractivity contribution in [3.05, 3.63) is 52.5 Å². The maximum absolute atomic E-state index is 12.6. The van der Waals surface area contributed by atoms with E-state index < -0.39 is 0 Å². The Morgan fingerprint density at radius 3 is 2.57 bits per heavy atom. The number of rotatable bonds is 6. The summed E-state index contributed by atoms with van der Waals surface area (Å²) in [7, 11) is 1.66. The Morgan fingerprint density at radius 2 is 1.82 bits per heavy atom. The molecule has 5 nitrogen and oxygen atoms in total. The van der Waals surface area contributed by atoms with E-state index in [2.05, 4.69) is 17.0 Å². The lowest BCUT2D eigenvalue weighted by Gasteiger charge is -2.24. The molecule has 2 aromatic rings. The van der Waals surface area contributed by atoms with Gasteiger partial charge in [-0.15, -0.1) is 0 Å². The van der Waals surface area contributed by atoms with Gasteiger partial charge in [0.15, 0.2) is 0 Å². The van der Waals surface area contributed by atoms with Gasteiger partial charge in [-0.1, -0.05) is 29.3 Å². The Bertz CT molecular complexity index is 799. The highest BCUT2D eigenvalue weighted by atomic mass is 35.5. The van der Waals surface area contributed by atoms with E-state index in [-0.39, 0.29) is 12.5 Å². The van der Waals surface area contributed by atoms with Gasteiger partial charge in [0, 0.05) is 31.9 Å². The van der Waals surface area contributed by atoms with Crippen molar-refractivity contribution < 1.29 is 14.3 Å². The van der Waals surface area contributed by atoms with Crippen LogP contribution in [0.1, 0.15) is 12.8 Å². The first-order chi connectivity index (χ1) is 13.6. The van der Waals surface area contributed by atoms with Crippen LogP contribution in [-0.2, 0) is 4.79 Å². The summed E-state index contributed by atoms with van der Waals surface area (Å²) < 4.78 is 10.9. The van der Waals surface area contributed by atoms with Gasteiger partial charge in [0.2, 0.25) is 5.91 Å². The van der Waals surface area contributed by atoms with Crippen LogP contribution in [0.3, 0.4) is 0 Å². The first-order valence-corrected chi connectivity index (χ1v) is 10.1. The SMILES string of the molecule is COc1ccc(N2CCCN(C(=O)CCOc3cccc(Cl)c3Cl)CC2)cc1. The molecular formula is C21H24Cl2N2O3. The number of nitrogens with zero attached hydrogens (tertiary/aromatic N) is 2. The lowest BCUT2D eigenvalue weighted by atomic mass is 10.2. The Labute approximate surface area is 175 Å². The average Bonchev–Trinajstić information content (AvgIpc) is 2.97. The minimum absolute atomic E-state index is 0.0923. The van der Waals surface area contributed by atoms with Crippen LogP contribution in [0.2, 0.25) is 10.0 Å². The molecule has 28 heavy (non-hydrogen) atoms. The monoisotopic (exact) mass is 422 g/mol. The van der Waals surface area contributed by atoms with Crippen molar-refractivity contribution >= 4 is 34.8 Å². The zero-order valence-electron chi connectivity index (χ0n) is 15.9. The van der Waals surface area contributed by atoms with Crippen LogP contribution in [0.4, 0.5) is 5.69 Å². The third-order valence-corrected chi connectivity index (χ3v) is 5.58. The summed E-state index contributed by atoms with van der Waals surface area (Å²) in [5, 5.41) is 0.818. The number of hydrogen-bond acceptors (Lipinski definition) is 4. The summed E-state index contributed by atoms with van der Waals surface area (Å²) in [6, 6.07) is 13.2. The van der Waals surface area contributed by atoms with Crippen LogP contribution in [0.15, 0.2) is 42.5 Å². The average molecular weight is 423 g/mol. The number of methoxy groups -OCH3 is 1. The van der Waals surface area contributed by atoms with E-state index in [4.69, 9.17) is 32.7 Å². The predicted molar refractivity (Wildman–Crippen MR) is 113 cm³/mol. The summed E-state index contributed by atoms with van der Waals surface area (Å²) in [4.78, 5) is 16.8. The lowest BCUT2D eigenvalue weighted by molar-refractivity contribution is -0.131. The van der Waals surface area contributed by atoms with E-state index in [1.165, 1.54) is 0 Å². The standard InChI is InChI=1S/C21H24Cl2N2O3/c1-27-17-8-6-16(7-9-17)24-11-3-12-25(14-13-24)20(26)10-15-28-19-5-2-4-18(22)21(19)23/h2,4-9H,3,10-15H2,1H3. The van der Waals surface area contributed by atoms with Gasteiger partial charge in [0.25, 0.3) is 0 Å². The third-order valence-electron chi connectivity index (χ3n) is 4.78. The summed E-state index contributed by atoms with van der Waals surface area (Å²) >= 11 is 12.1. The van der Waals surface area contributed by atoms with Gasteiger partial charge >= 0.3 is 0 Å². The highest BCUT2D eigenvalue weighted by Crippen LogP contribution is 2.31. The number of halogens is 2. The smallest absolute Gasteiger partial charge is 0.226 e. The molecule has 0 spiro atoms. The Morgan fingerprint density at radius 1 is 1.04 bits per heavy atom. The molecule has 0 saturated carbocycles. The van der Waals surface area contributed by atoms with Gasteiger partial charge in [0.05, 0.1) is 25.2 Å². The molecule has 0 aliphatic carbocycles. The number of carbonyl (C=O) groups excluding carboxylic acids is 1. The molecule has 0 unspecified atom stereocenters. The molecule has 0 aromatic heterocycles. The first-order valence-electron chi connectivity index (χ1n) is 9.32. The highest BCUT2D eigenvalue weighted by molar-refractivity contribution is 6.42. The second-order valence-electron chi connectivity index (χ2n) is 6.57. The van der Waals surface area contributed by atoms with Crippen molar-refractivity contribution in [1.82, 2.24) is 4.90 Å². The number of ether oxygens (including phenoxy) is 2. The summed E-state index contributed by atoms with van der Waals surface area (Å²) in [5.74, 6) is 1.44. The van der Waals surface area contributed by atoms with Crippen molar-refractivity contribution in [2.45, 2.75) is 12.8 Å². The Balaban J connectivity index is 1.49. The number of benzene rings is 2. The molecule has 0 bridgehead atoms. The normalized spacial score (nSPS) is 14.5. The van der Waals surface area contributed by atoms with Crippen molar-refractivity contribution in [2.75, 3.05) is 44.8 Å². The van der Waals surface area contributed by atoms with E-state index in [0.717, 1.165) is 37.5 Å². The van der Waals surface area contributed by atoms with Gasteiger partial charge in [-0.05, 0) is 42.8 Å². The van der Waals surface area contributed by atoms with Crippen LogP contribution >= 0.6 is 23.2 Å². The largest absolute Gasteiger partial charge is 0.497 e. The number of amides is 1. The molecule has 1 saturated heterocycles. The highest BCUT2D eigenvalue weighted by Gasteiger charge is 2.19. The molecule has 0 atom stereocenters. The van der Waals surface area contributed by atoms with E-state index >= 15 is 0 Å². The van der Waals surface area contributed by atoms with E-state index in [1.807, 2.05) is 17.0 Å². The van der Waals surface area contributed by atoms with Gasteiger partial charge < -0.3 is 19.3 Å². The first kappa shape index (κ1) is 20.6. The quantitative estimate of drug-likeness (QED) is 0.686. The number of carbonyl (C=O) groups is 1. The molecule has 1 fully saturated rings. The minimum atomic E-state index is 0.0923. The maximum Gasteiger partial charge on any atom is 0.226 e. The van der Waals surface area contributed by atoms with Crippen molar-refractivity contribution in [1.29, 1.82) is 0 Å². The van der Waals surface area contributed by atoms with E-state index in [1.54, 1.807) is 25.3 Å². The van der Waals surface area contributed by atoms with Gasteiger partial charge in [-0.3, -0.25) is 4.79 Å². The Hall–Kier alpha value is -2.11. The predicted octanol–water partition coefficient (Wildman–Crippen LogP) is 4.51. The maximum atomic E-state index is 12.6. The van der Waals surface area contributed by atoms with Crippen molar-refractivity contribution in [3.63, 3.8) is 0 Å². The second kappa shape index (κ2) is 9.89. The lowest BCUT2D eigenvalue weighted by Crippen LogP contribution is -2.35. The van der Waals surface area contributed by atoms with Gasteiger partial charge in [-0.2, -0.15) is 0 Å². The molecule has 1 aliphatic heterocycles. The van der Waals surface area contributed by atoms with Gasteiger partial charge in [-0.25, -0.2) is 0 Å². The topological polar surface area (TPSA) is 42.0 Å². The third kappa shape index (κ3) is 5.24. The van der Waals surface area contributed by atoms with Crippen LogP contribution in [0.5, 0.6) is 11.5 Å². The zero-order chi connectivity index (χ0) is 19.9. The Kier molecular flexibility index (Phi) is 7.29. The number of anilines is 1. The number of hydrogen-bond donors (Lipinski definition) is 0. The van der Waals surface area contributed by atoms with Crippen LogP contribution in [-0.4, -0.2) is 50.7 Å². The van der Waals surface area contributed by atoms with Crippen molar-refractivity contribution in [3.8, 4) is 11.5 Å². The van der Waals surface area contributed by atoms with Gasteiger partial charge in [0.1, 0.15) is 16.5 Å². The van der Waals surface area contributed by atoms with E-state index in [0.29, 0.717) is 28.8 Å². The molecule has 1 heterocycles. The molecule has 2 aromatic carbocycles. The zero-order valence-corrected chi connectivity index (χ0v) is 17.4. The molecule has 0 radical (unpaired) electrons. The summed E-state index contributed by atoms with van der Waals surface area (Å²) in [6.45, 7) is 3.45. The molecule has 0 N–H and O–H groups in total. The fraction of sp³-hybridized carbons (Fsp3) is 0.381. The molecule has 150 valence electrons. The molecule has 1 amide bonds. The fourth-order valence-corrected chi connectivity index (χ4v) is 3.57. The summed E-state index contributed by atoms with van der Waals surface area (Å²) in [6.07, 6.45) is 1.24. The molecular weight excluding hydrogens is 399 g/mol. The van der Waals surface area contributed by atoms with Crippen molar-refractivity contribution in [2.24, 2.45) is 0 Å². The van der Waals surface area contributed by atoms with Crippen LogP contribution in [0, 0.1) is 0 Å². The second-order valence-corrected chi connectivity index (χ2v) is 7.35. The van der Waals surface area contributed by atoms with Crippen LogP contribution < -0.4 is 14.4 Å². The molecule has 7 heteroatoms. The molecule has 3 rings (SSSR count). The minimum Gasteiger partial charge on any atom is -0.497 e. The molecule has 1 aliphatic rings. The summed E-state index contributed by atoms with van der Waals surface area (Å²) in [5.41, 5.74) is 1.15. The fourth-order valence-electron chi connectivity index (χ4n) is 3.22. The van der Waals surface area contributed by atoms with Crippen LogP contribution in [0.25, 0.3) is 0 Å².